The van der Waals surface area contributed by atoms with Crippen molar-refractivity contribution in [2.75, 3.05) is 0 Å². The average Bonchev–Trinajstić information content (AvgIpc) is 4.24. The number of rotatable bonds is 8. The Morgan fingerprint density at radius 3 is 1.43 bits per heavy atom. The van der Waals surface area contributed by atoms with Crippen LogP contribution in [-0.4, -0.2) is 10.4 Å². The summed E-state index contributed by atoms with van der Waals surface area (Å²) in [7, 11) is 0. The topological polar surface area (TPSA) is 22.0 Å². The van der Waals surface area contributed by atoms with E-state index in [1.807, 2.05) is 12.1 Å². The van der Waals surface area contributed by atoms with Crippen molar-refractivity contribution in [1.82, 2.24) is 4.57 Å². The molecule has 0 atom stereocenters. The Morgan fingerprint density at radius 1 is 0.312 bits per heavy atom. The van der Waals surface area contributed by atoms with Crippen LogP contribution in [0.1, 0.15) is 77.0 Å². The summed E-state index contributed by atoms with van der Waals surface area (Å²) < 4.78 is 2.42. The molecule has 2 aliphatic rings. The summed E-state index contributed by atoms with van der Waals surface area (Å²) in [6.07, 6.45) is 0. The molecule has 14 rings (SSSR count). The fourth-order valence-corrected chi connectivity index (χ4v) is 13.1. The van der Waals surface area contributed by atoms with Gasteiger partial charge in [0.1, 0.15) is 0 Å². The minimum Gasteiger partial charge on any atom is -0.309 e. The molecule has 0 spiro atoms. The molecule has 2 heteroatoms. The highest BCUT2D eigenvalue weighted by Crippen LogP contribution is 2.53. The fourth-order valence-electron chi connectivity index (χ4n) is 13.1. The van der Waals surface area contributed by atoms with Gasteiger partial charge in [-0.25, -0.2) is 0 Å². The van der Waals surface area contributed by atoms with Crippen LogP contribution in [0.5, 0.6) is 0 Å². The minimum absolute atomic E-state index is 0.0130. The number of nitrogens with zero attached hydrogens (tertiary/aromatic N) is 1. The molecule has 0 bridgehead atoms. The van der Waals surface area contributed by atoms with Gasteiger partial charge in [0.25, 0.3) is 0 Å². The van der Waals surface area contributed by atoms with Crippen molar-refractivity contribution in [3.05, 3.63) is 281 Å². The van der Waals surface area contributed by atoms with Crippen molar-refractivity contribution in [3.63, 3.8) is 0 Å². The zero-order chi connectivity index (χ0) is 52.3. The van der Waals surface area contributed by atoms with E-state index < -0.39 is 0 Å². The molecule has 0 saturated heterocycles. The Balaban J connectivity index is 0.887. The van der Waals surface area contributed by atoms with E-state index in [1.165, 1.54) is 83.5 Å². The largest absolute Gasteiger partial charge is 0.309 e. The molecule has 2 nitrogen and oxygen atoms in total. The molecule has 0 radical (unpaired) electrons. The van der Waals surface area contributed by atoms with Gasteiger partial charge in [-0.2, -0.15) is 0 Å². The molecule has 1 aromatic heterocycles. The first-order chi connectivity index (χ1) is 37.4. The van der Waals surface area contributed by atoms with Gasteiger partial charge in [0.15, 0.2) is 5.78 Å². The van der Waals surface area contributed by atoms with Gasteiger partial charge >= 0.3 is 0 Å². The van der Waals surface area contributed by atoms with Crippen molar-refractivity contribution in [3.8, 4) is 83.6 Å². The van der Waals surface area contributed by atoms with Crippen molar-refractivity contribution in [2.24, 2.45) is 0 Å². The number of aromatic nitrogens is 1. The van der Waals surface area contributed by atoms with Crippen molar-refractivity contribution >= 4 is 27.6 Å². The van der Waals surface area contributed by atoms with E-state index >= 15 is 4.79 Å². The lowest BCUT2D eigenvalue weighted by Crippen LogP contribution is -2.15. The van der Waals surface area contributed by atoms with Gasteiger partial charge < -0.3 is 4.57 Å². The standard InChI is InChI=1S/C75H57NO/c1-46-31-32-53(41-61(46)62-43-63-59-27-13-15-29-67(59)74(3,4)69(63)35-47(62)2)73(77)54-33-34-71-65(42-54)66-44-64-60-28-14-16-30-68(60)75(5,6)70(64)45-72(66)76(71)58-26-18-25-52(40-58)50-23-17-24-51(36-50)57-38-55(48-19-9-7-10-20-48)37-56(39-57)49-21-11-8-12-22-49/h7-45H,1-6H3. The second kappa shape index (κ2) is 17.5. The Hall–Kier alpha value is -9.11. The van der Waals surface area contributed by atoms with Gasteiger partial charge in [0.05, 0.1) is 11.0 Å². The first-order valence-corrected chi connectivity index (χ1v) is 27.0. The Labute approximate surface area is 451 Å². The summed E-state index contributed by atoms with van der Waals surface area (Å²) >= 11 is 0. The Bertz CT molecular complexity index is 4360. The normalized spacial score (nSPS) is 13.6. The maximum Gasteiger partial charge on any atom is 0.193 e. The van der Waals surface area contributed by atoms with Crippen LogP contribution in [0.15, 0.2) is 237 Å². The molecular formula is C75H57NO. The lowest BCUT2D eigenvalue weighted by atomic mass is 9.81. The van der Waals surface area contributed by atoms with Crippen LogP contribution in [0.25, 0.3) is 105 Å². The third-order valence-corrected chi connectivity index (χ3v) is 17.2. The first kappa shape index (κ1) is 46.4. The van der Waals surface area contributed by atoms with Gasteiger partial charge in [0, 0.05) is 38.4 Å². The van der Waals surface area contributed by atoms with E-state index in [4.69, 9.17) is 0 Å². The van der Waals surface area contributed by atoms with Crippen molar-refractivity contribution in [1.29, 1.82) is 0 Å². The van der Waals surface area contributed by atoms with Crippen LogP contribution < -0.4 is 0 Å². The van der Waals surface area contributed by atoms with E-state index in [9.17, 15) is 0 Å². The highest BCUT2D eigenvalue weighted by Gasteiger charge is 2.37. The molecular weight excluding hydrogens is 931 g/mol. The van der Waals surface area contributed by atoms with Crippen LogP contribution in [0.2, 0.25) is 0 Å². The number of ketones is 1. The van der Waals surface area contributed by atoms with Crippen molar-refractivity contribution < 1.29 is 4.79 Å². The van der Waals surface area contributed by atoms with E-state index in [0.717, 1.165) is 55.3 Å². The Morgan fingerprint density at radius 2 is 0.779 bits per heavy atom. The third-order valence-electron chi connectivity index (χ3n) is 17.2. The summed E-state index contributed by atoms with van der Waals surface area (Å²) in [5, 5.41) is 2.18. The van der Waals surface area contributed by atoms with Gasteiger partial charge in [-0.3, -0.25) is 4.79 Å². The average molecular weight is 988 g/mol. The molecule has 12 aromatic rings. The lowest BCUT2D eigenvalue weighted by molar-refractivity contribution is 0.103. The summed E-state index contributed by atoms with van der Waals surface area (Å²) in [5.41, 5.74) is 28.8. The number of carbonyl (C=O) groups is 1. The number of hydrogen-bond donors (Lipinski definition) is 0. The monoisotopic (exact) mass is 987 g/mol. The second-order valence-corrected chi connectivity index (χ2v) is 22.6. The number of hydrogen-bond acceptors (Lipinski definition) is 1. The van der Waals surface area contributed by atoms with Gasteiger partial charge in [-0.05, 0) is 204 Å². The van der Waals surface area contributed by atoms with Gasteiger partial charge in [0.2, 0.25) is 0 Å². The second-order valence-electron chi connectivity index (χ2n) is 22.6. The summed E-state index contributed by atoms with van der Waals surface area (Å²) in [6.45, 7) is 13.7. The number of benzene rings is 11. The molecule has 77 heavy (non-hydrogen) atoms. The molecule has 0 unspecified atom stereocenters. The highest BCUT2D eigenvalue weighted by atomic mass is 16.1. The maximum atomic E-state index is 15.1. The summed E-state index contributed by atoms with van der Waals surface area (Å²) in [5.74, 6) is 0.0130. The quantitative estimate of drug-likeness (QED) is 0.139. The molecule has 0 N–H and O–H groups in total. The van der Waals surface area contributed by atoms with Gasteiger partial charge in [-0.15, -0.1) is 0 Å². The lowest BCUT2D eigenvalue weighted by Gasteiger charge is -2.22. The number of aryl methyl sites for hydroxylation is 2. The highest BCUT2D eigenvalue weighted by molar-refractivity contribution is 6.16. The van der Waals surface area contributed by atoms with E-state index in [1.54, 1.807) is 0 Å². The molecule has 11 aromatic carbocycles. The van der Waals surface area contributed by atoms with E-state index in [-0.39, 0.29) is 16.6 Å². The van der Waals surface area contributed by atoms with Crippen LogP contribution in [-0.2, 0) is 10.8 Å². The first-order valence-electron chi connectivity index (χ1n) is 27.0. The predicted molar refractivity (Wildman–Crippen MR) is 322 cm³/mol. The van der Waals surface area contributed by atoms with Crippen LogP contribution in [0.4, 0.5) is 0 Å². The molecule has 0 fully saturated rings. The van der Waals surface area contributed by atoms with E-state index in [0.29, 0.717) is 11.1 Å². The molecule has 0 amide bonds. The molecule has 368 valence electrons. The molecule has 0 aliphatic heterocycles. The van der Waals surface area contributed by atoms with Gasteiger partial charge in [-0.1, -0.05) is 185 Å². The molecule has 0 saturated carbocycles. The fraction of sp³-hybridized carbons (Fsp3) is 0.107. The zero-order valence-corrected chi connectivity index (χ0v) is 44.4. The predicted octanol–water partition coefficient (Wildman–Crippen LogP) is 19.6. The smallest absolute Gasteiger partial charge is 0.193 e. The Kier molecular flexibility index (Phi) is 10.5. The van der Waals surface area contributed by atoms with E-state index in [2.05, 4.69) is 271 Å². The number of fused-ring (bicyclic) bond motifs is 9. The zero-order valence-electron chi connectivity index (χ0n) is 44.4. The van der Waals surface area contributed by atoms with Crippen molar-refractivity contribution in [2.45, 2.75) is 52.4 Å². The summed E-state index contributed by atoms with van der Waals surface area (Å²) in [6, 6.07) is 86.0. The number of carbonyl (C=O) groups excluding carboxylic acids is 1. The van der Waals surface area contributed by atoms with Crippen LogP contribution in [0, 0.1) is 13.8 Å². The molecule has 2 aliphatic carbocycles. The maximum absolute atomic E-state index is 15.1. The minimum atomic E-state index is -0.192. The third kappa shape index (κ3) is 7.42. The van der Waals surface area contributed by atoms with Crippen LogP contribution >= 0.6 is 0 Å². The van der Waals surface area contributed by atoms with Crippen LogP contribution in [0.3, 0.4) is 0 Å². The molecule has 1 heterocycles. The SMILES string of the molecule is Cc1ccc(C(=O)c2ccc3c(c2)c2cc4c(cc2n3-c2cccc(-c3cccc(-c5cc(-c6ccccc6)cc(-c6ccccc6)c5)c3)c2)C(C)(C)c2ccccc2-4)cc1-c1cc2c(cc1C)C(C)(C)c1ccccc1-2. The summed E-state index contributed by atoms with van der Waals surface area (Å²) in [4.78, 5) is 15.1.